The molecule has 0 heterocycles. The predicted molar refractivity (Wildman–Crippen MR) is 77.6 cm³/mol. The second-order valence-electron chi connectivity index (χ2n) is 4.34. The van der Waals surface area contributed by atoms with Crippen molar-refractivity contribution >= 4 is 23.3 Å². The van der Waals surface area contributed by atoms with Crippen molar-refractivity contribution in [3.8, 4) is 0 Å². The van der Waals surface area contributed by atoms with Crippen molar-refractivity contribution < 1.29 is 14.1 Å². The molecule has 108 valence electrons. The van der Waals surface area contributed by atoms with E-state index in [2.05, 4.69) is 0 Å². The summed E-state index contributed by atoms with van der Waals surface area (Å²) >= 11 is 0. The van der Waals surface area contributed by atoms with Crippen LogP contribution in [0, 0.1) is 15.9 Å². The van der Waals surface area contributed by atoms with Gasteiger partial charge in [-0.2, -0.15) is 0 Å². The van der Waals surface area contributed by atoms with E-state index in [1.54, 1.807) is 18.2 Å². The maximum atomic E-state index is 13.0. The van der Waals surface area contributed by atoms with Crippen molar-refractivity contribution in [2.24, 2.45) is 0 Å². The smallest absolute Gasteiger partial charge is 0.280 e. The van der Waals surface area contributed by atoms with Gasteiger partial charge in [0, 0.05) is 24.0 Å². The van der Waals surface area contributed by atoms with Crippen LogP contribution in [0.3, 0.4) is 0 Å². The number of hydrogen-bond donors (Lipinski definition) is 0. The Bertz CT molecular complexity index is 671. The number of anilines is 2. The number of nitro benzene ring substituents is 1. The first-order valence-electron chi connectivity index (χ1n) is 6.33. The summed E-state index contributed by atoms with van der Waals surface area (Å²) < 4.78 is 13.0. The van der Waals surface area contributed by atoms with Gasteiger partial charge in [-0.3, -0.25) is 14.9 Å². The number of nitrogens with zero attached hydrogens (tertiary/aromatic N) is 2. The second-order valence-corrected chi connectivity index (χ2v) is 4.34. The first-order valence-corrected chi connectivity index (χ1v) is 6.33. The summed E-state index contributed by atoms with van der Waals surface area (Å²) in [5, 5.41) is 10.8. The minimum absolute atomic E-state index is 0.0121. The van der Waals surface area contributed by atoms with E-state index in [1.807, 2.05) is 11.8 Å². The maximum absolute atomic E-state index is 13.0. The predicted octanol–water partition coefficient (Wildman–Crippen LogP) is 3.70. The second kappa shape index (κ2) is 6.13. The quantitative estimate of drug-likeness (QED) is 0.478. The Morgan fingerprint density at radius 3 is 2.33 bits per heavy atom. The molecule has 0 unspecified atom stereocenters. The lowest BCUT2D eigenvalue weighted by Crippen LogP contribution is -2.16. The fraction of sp³-hybridized carbons (Fsp3) is 0.133. The maximum Gasteiger partial charge on any atom is 0.280 e. The van der Waals surface area contributed by atoms with Gasteiger partial charge in [0.15, 0.2) is 6.29 Å². The van der Waals surface area contributed by atoms with Crippen molar-refractivity contribution in [3.63, 3.8) is 0 Å². The minimum Gasteiger partial charge on any atom is -0.342 e. The lowest BCUT2D eigenvalue weighted by atomic mass is 10.1. The molecule has 0 saturated heterocycles. The van der Waals surface area contributed by atoms with Crippen LogP contribution in [-0.2, 0) is 0 Å². The number of carbonyl (C=O) groups is 1. The van der Waals surface area contributed by atoms with Gasteiger partial charge in [-0.05, 0) is 43.3 Å². The number of carbonyl (C=O) groups excluding carboxylic acids is 1. The van der Waals surface area contributed by atoms with Gasteiger partial charge in [0.05, 0.1) is 10.5 Å². The summed E-state index contributed by atoms with van der Waals surface area (Å²) in [7, 11) is 0. The van der Waals surface area contributed by atoms with Crippen molar-refractivity contribution in [3.05, 3.63) is 64.0 Å². The summed E-state index contributed by atoms with van der Waals surface area (Å²) in [6.45, 7) is 2.47. The van der Waals surface area contributed by atoms with Gasteiger partial charge >= 0.3 is 0 Å². The molecular formula is C15H13FN2O3. The average Bonchev–Trinajstić information content (AvgIpc) is 2.49. The van der Waals surface area contributed by atoms with Crippen LogP contribution in [0.2, 0.25) is 0 Å². The first-order chi connectivity index (χ1) is 10.1. The molecule has 2 rings (SSSR count). The summed E-state index contributed by atoms with van der Waals surface area (Å²) in [5.41, 5.74) is 1.16. The topological polar surface area (TPSA) is 63.4 Å². The minimum atomic E-state index is -0.596. The molecule has 0 aliphatic carbocycles. The Morgan fingerprint density at radius 1 is 1.19 bits per heavy atom. The highest BCUT2D eigenvalue weighted by molar-refractivity contribution is 5.84. The third kappa shape index (κ3) is 3.05. The molecule has 6 heteroatoms. The largest absolute Gasteiger partial charge is 0.342 e. The van der Waals surface area contributed by atoms with Crippen LogP contribution in [0.15, 0.2) is 42.5 Å². The third-order valence-electron chi connectivity index (χ3n) is 3.10. The van der Waals surface area contributed by atoms with Gasteiger partial charge in [0.1, 0.15) is 5.82 Å². The zero-order chi connectivity index (χ0) is 15.4. The molecule has 0 aromatic heterocycles. The Kier molecular flexibility index (Phi) is 4.27. The highest BCUT2D eigenvalue weighted by Crippen LogP contribution is 2.29. The highest BCUT2D eigenvalue weighted by Gasteiger charge is 2.16. The molecule has 0 saturated carbocycles. The molecule has 5 nitrogen and oxygen atoms in total. The number of aldehydes is 1. The fourth-order valence-corrected chi connectivity index (χ4v) is 2.11. The summed E-state index contributed by atoms with van der Waals surface area (Å²) in [5.74, 6) is -0.341. The van der Waals surface area contributed by atoms with Gasteiger partial charge in [-0.15, -0.1) is 0 Å². The summed E-state index contributed by atoms with van der Waals surface area (Å²) in [6, 6.07) is 10.2. The van der Waals surface area contributed by atoms with Gasteiger partial charge in [-0.1, -0.05) is 0 Å². The molecule has 0 amide bonds. The van der Waals surface area contributed by atoms with E-state index in [-0.39, 0.29) is 17.1 Å². The SMILES string of the molecule is CCN(c1ccc(F)cc1)c1ccc([N+](=O)[O-])c(C=O)c1. The van der Waals surface area contributed by atoms with Crippen LogP contribution in [0.1, 0.15) is 17.3 Å². The Hall–Kier alpha value is -2.76. The molecule has 0 aliphatic heterocycles. The Balaban J connectivity index is 2.45. The van der Waals surface area contributed by atoms with Crippen LogP contribution in [0.5, 0.6) is 0 Å². The van der Waals surface area contributed by atoms with Crippen LogP contribution in [-0.4, -0.2) is 17.8 Å². The number of nitro groups is 1. The van der Waals surface area contributed by atoms with Gasteiger partial charge in [0.2, 0.25) is 0 Å². The van der Waals surface area contributed by atoms with Crippen molar-refractivity contribution in [2.75, 3.05) is 11.4 Å². The van der Waals surface area contributed by atoms with Gasteiger partial charge in [0.25, 0.3) is 5.69 Å². The molecule has 21 heavy (non-hydrogen) atoms. The fourth-order valence-electron chi connectivity index (χ4n) is 2.11. The van der Waals surface area contributed by atoms with E-state index < -0.39 is 4.92 Å². The van der Waals surface area contributed by atoms with E-state index in [4.69, 9.17) is 0 Å². The number of rotatable bonds is 5. The van der Waals surface area contributed by atoms with E-state index in [0.717, 1.165) is 5.69 Å². The lowest BCUT2D eigenvalue weighted by Gasteiger charge is -2.23. The monoisotopic (exact) mass is 288 g/mol. The average molecular weight is 288 g/mol. The van der Waals surface area contributed by atoms with Gasteiger partial charge < -0.3 is 4.90 Å². The van der Waals surface area contributed by atoms with Crippen LogP contribution in [0.4, 0.5) is 21.5 Å². The Labute approximate surface area is 120 Å². The Morgan fingerprint density at radius 2 is 1.81 bits per heavy atom. The van der Waals surface area contributed by atoms with Crippen molar-refractivity contribution in [1.82, 2.24) is 0 Å². The summed E-state index contributed by atoms with van der Waals surface area (Å²) in [4.78, 5) is 23.1. The third-order valence-corrected chi connectivity index (χ3v) is 3.10. The standard InChI is InChI=1S/C15H13FN2O3/c1-2-17(13-5-3-12(16)4-6-13)14-7-8-15(18(20)21)11(9-14)10-19/h3-10H,2H2,1H3. The molecule has 2 aromatic rings. The summed E-state index contributed by atoms with van der Waals surface area (Å²) in [6.07, 6.45) is 0.458. The van der Waals surface area contributed by atoms with Crippen molar-refractivity contribution in [1.29, 1.82) is 0 Å². The molecule has 0 bridgehead atoms. The van der Waals surface area contributed by atoms with Gasteiger partial charge in [-0.25, -0.2) is 4.39 Å². The molecule has 0 spiro atoms. The highest BCUT2D eigenvalue weighted by atomic mass is 19.1. The molecule has 0 fully saturated rings. The number of benzene rings is 2. The molecule has 0 atom stereocenters. The zero-order valence-electron chi connectivity index (χ0n) is 11.3. The van der Waals surface area contributed by atoms with Crippen LogP contribution < -0.4 is 4.90 Å². The lowest BCUT2D eigenvalue weighted by molar-refractivity contribution is -0.385. The normalized spacial score (nSPS) is 10.2. The van der Waals surface area contributed by atoms with E-state index in [1.165, 1.54) is 24.3 Å². The van der Waals surface area contributed by atoms with E-state index >= 15 is 0 Å². The van der Waals surface area contributed by atoms with E-state index in [0.29, 0.717) is 18.5 Å². The molecular weight excluding hydrogens is 275 g/mol. The zero-order valence-corrected chi connectivity index (χ0v) is 11.3. The van der Waals surface area contributed by atoms with Crippen LogP contribution >= 0.6 is 0 Å². The molecule has 0 N–H and O–H groups in total. The molecule has 2 aromatic carbocycles. The first kappa shape index (κ1) is 14.6. The molecule has 0 radical (unpaired) electrons. The van der Waals surface area contributed by atoms with E-state index in [9.17, 15) is 19.3 Å². The van der Waals surface area contributed by atoms with Crippen molar-refractivity contribution in [2.45, 2.75) is 6.92 Å². The number of hydrogen-bond acceptors (Lipinski definition) is 4. The number of halogens is 1. The molecule has 0 aliphatic rings. The van der Waals surface area contributed by atoms with Crippen LogP contribution in [0.25, 0.3) is 0 Å².